The Morgan fingerprint density at radius 3 is 2.65 bits per heavy atom. The Labute approximate surface area is 116 Å². The van der Waals surface area contributed by atoms with Crippen molar-refractivity contribution in [2.24, 2.45) is 5.73 Å². The summed E-state index contributed by atoms with van der Waals surface area (Å²) in [6.07, 6.45) is 0.741. The monoisotopic (exact) mass is 276 g/mol. The number of H-pyrrole nitrogens is 1. The molecule has 0 fully saturated rings. The maximum Gasteiger partial charge on any atom is 0.252 e. The molecule has 106 valence electrons. The molecule has 5 nitrogen and oxygen atoms in total. The minimum Gasteiger partial charge on any atom is -0.330 e. The number of nitrogens with one attached hydrogen (secondary N) is 1. The number of rotatable bonds is 5. The number of halogens is 1. The first kappa shape index (κ1) is 14.2. The van der Waals surface area contributed by atoms with E-state index in [9.17, 15) is 9.18 Å². The smallest absolute Gasteiger partial charge is 0.252 e. The van der Waals surface area contributed by atoms with Gasteiger partial charge < -0.3 is 15.6 Å². The molecular formula is C14H17FN4O. The molecule has 0 aliphatic heterocycles. The third kappa shape index (κ3) is 3.42. The van der Waals surface area contributed by atoms with E-state index in [1.807, 2.05) is 4.90 Å². The lowest BCUT2D eigenvalue weighted by Gasteiger charge is -2.23. The van der Waals surface area contributed by atoms with Crippen molar-refractivity contribution < 1.29 is 4.39 Å². The van der Waals surface area contributed by atoms with E-state index >= 15 is 0 Å². The van der Waals surface area contributed by atoms with Gasteiger partial charge in [0.2, 0.25) is 0 Å². The van der Waals surface area contributed by atoms with E-state index in [2.05, 4.69) is 9.97 Å². The highest BCUT2D eigenvalue weighted by atomic mass is 19.1. The van der Waals surface area contributed by atoms with Crippen molar-refractivity contribution in [3.63, 3.8) is 0 Å². The van der Waals surface area contributed by atoms with Crippen LogP contribution in [0, 0.1) is 12.7 Å². The van der Waals surface area contributed by atoms with Crippen LogP contribution >= 0.6 is 0 Å². The lowest BCUT2D eigenvalue weighted by Crippen LogP contribution is -2.24. The van der Waals surface area contributed by atoms with Gasteiger partial charge in [-0.1, -0.05) is 0 Å². The maximum absolute atomic E-state index is 13.0. The molecule has 0 radical (unpaired) electrons. The first-order valence-electron chi connectivity index (χ1n) is 6.41. The molecule has 2 rings (SSSR count). The number of anilines is 2. The Morgan fingerprint density at radius 1 is 1.35 bits per heavy atom. The van der Waals surface area contributed by atoms with Crippen LogP contribution in [0.15, 0.2) is 35.1 Å². The molecule has 1 aromatic heterocycles. The summed E-state index contributed by atoms with van der Waals surface area (Å²) in [4.78, 5) is 20.3. The van der Waals surface area contributed by atoms with E-state index in [1.165, 1.54) is 18.2 Å². The van der Waals surface area contributed by atoms with Crippen LogP contribution < -0.4 is 16.2 Å². The zero-order chi connectivity index (χ0) is 14.5. The second kappa shape index (κ2) is 6.29. The van der Waals surface area contributed by atoms with Gasteiger partial charge >= 0.3 is 0 Å². The van der Waals surface area contributed by atoms with Crippen LogP contribution in [0.5, 0.6) is 0 Å². The standard InChI is InChI=1S/C14H17FN4O/c1-10-17-13(9-14(20)18-10)19(8-2-7-16)12-5-3-11(15)4-6-12/h3-6,9H,2,7-8,16H2,1H3,(H,17,18,20). The van der Waals surface area contributed by atoms with E-state index in [-0.39, 0.29) is 11.4 Å². The van der Waals surface area contributed by atoms with Crippen LogP contribution in [0.4, 0.5) is 15.9 Å². The fraction of sp³-hybridized carbons (Fsp3) is 0.286. The molecule has 1 aromatic carbocycles. The molecule has 0 aliphatic carbocycles. The van der Waals surface area contributed by atoms with Gasteiger partial charge in [-0.2, -0.15) is 0 Å². The number of nitrogens with two attached hydrogens (primary N) is 1. The normalized spacial score (nSPS) is 10.6. The molecule has 0 unspecified atom stereocenters. The third-order valence-electron chi connectivity index (χ3n) is 2.85. The number of aryl methyl sites for hydroxylation is 1. The highest BCUT2D eigenvalue weighted by molar-refractivity contribution is 5.59. The predicted octanol–water partition coefficient (Wildman–Crippen LogP) is 1.70. The fourth-order valence-electron chi connectivity index (χ4n) is 1.95. The van der Waals surface area contributed by atoms with E-state index in [0.29, 0.717) is 24.7 Å². The number of benzene rings is 1. The minimum atomic E-state index is -0.303. The molecule has 20 heavy (non-hydrogen) atoms. The molecule has 0 saturated heterocycles. The van der Waals surface area contributed by atoms with Gasteiger partial charge in [-0.3, -0.25) is 4.79 Å². The summed E-state index contributed by atoms with van der Waals surface area (Å²) in [5.74, 6) is 0.765. The summed E-state index contributed by atoms with van der Waals surface area (Å²) in [6.45, 7) is 2.86. The molecule has 0 atom stereocenters. The molecule has 0 saturated carbocycles. The Balaban J connectivity index is 2.40. The van der Waals surface area contributed by atoms with Gasteiger partial charge in [-0.25, -0.2) is 9.37 Å². The van der Waals surface area contributed by atoms with Crippen molar-refractivity contribution in [2.75, 3.05) is 18.0 Å². The number of aromatic nitrogens is 2. The predicted molar refractivity (Wildman–Crippen MR) is 76.7 cm³/mol. The zero-order valence-electron chi connectivity index (χ0n) is 11.3. The summed E-state index contributed by atoms with van der Waals surface area (Å²) in [6, 6.07) is 7.50. The van der Waals surface area contributed by atoms with Crippen molar-refractivity contribution in [3.05, 3.63) is 52.3 Å². The quantitative estimate of drug-likeness (QED) is 0.871. The topological polar surface area (TPSA) is 75.0 Å². The van der Waals surface area contributed by atoms with Gasteiger partial charge in [0.15, 0.2) is 0 Å². The van der Waals surface area contributed by atoms with Crippen LogP contribution in [0.3, 0.4) is 0 Å². The molecular weight excluding hydrogens is 259 g/mol. The summed E-state index contributed by atoms with van der Waals surface area (Å²) >= 11 is 0. The highest BCUT2D eigenvalue weighted by Crippen LogP contribution is 2.23. The summed E-state index contributed by atoms with van der Waals surface area (Å²) in [7, 11) is 0. The molecule has 6 heteroatoms. The first-order chi connectivity index (χ1) is 9.60. The van der Waals surface area contributed by atoms with Gasteiger partial charge in [-0.15, -0.1) is 0 Å². The molecule has 0 spiro atoms. The van der Waals surface area contributed by atoms with Gasteiger partial charge in [-0.05, 0) is 44.2 Å². The van der Waals surface area contributed by atoms with Crippen LogP contribution in [-0.2, 0) is 0 Å². The Hall–Kier alpha value is -2.21. The van der Waals surface area contributed by atoms with Crippen LogP contribution in [-0.4, -0.2) is 23.1 Å². The molecule has 0 bridgehead atoms. The first-order valence-corrected chi connectivity index (χ1v) is 6.41. The van der Waals surface area contributed by atoms with E-state index < -0.39 is 0 Å². The van der Waals surface area contributed by atoms with Crippen molar-refractivity contribution in [2.45, 2.75) is 13.3 Å². The number of aromatic amines is 1. The molecule has 1 heterocycles. The van der Waals surface area contributed by atoms with Crippen LogP contribution in [0.1, 0.15) is 12.2 Å². The minimum absolute atomic E-state index is 0.215. The second-order valence-corrected chi connectivity index (χ2v) is 4.46. The molecule has 0 amide bonds. The Morgan fingerprint density at radius 2 is 2.05 bits per heavy atom. The van der Waals surface area contributed by atoms with Gasteiger partial charge in [0.05, 0.1) is 0 Å². The largest absolute Gasteiger partial charge is 0.330 e. The van der Waals surface area contributed by atoms with Gasteiger partial charge in [0, 0.05) is 18.3 Å². The second-order valence-electron chi connectivity index (χ2n) is 4.46. The molecule has 0 aliphatic rings. The van der Waals surface area contributed by atoms with Crippen LogP contribution in [0.25, 0.3) is 0 Å². The van der Waals surface area contributed by atoms with Gasteiger partial charge in [0.1, 0.15) is 17.5 Å². The average molecular weight is 276 g/mol. The highest BCUT2D eigenvalue weighted by Gasteiger charge is 2.11. The van der Waals surface area contributed by atoms with E-state index in [1.54, 1.807) is 19.1 Å². The zero-order valence-corrected chi connectivity index (χ0v) is 11.3. The third-order valence-corrected chi connectivity index (χ3v) is 2.85. The Bertz CT molecular complexity index is 624. The number of hydrogen-bond donors (Lipinski definition) is 2. The van der Waals surface area contributed by atoms with E-state index in [0.717, 1.165) is 12.1 Å². The summed E-state index contributed by atoms with van der Waals surface area (Å²) < 4.78 is 13.0. The molecule has 3 N–H and O–H groups in total. The average Bonchev–Trinajstić information content (AvgIpc) is 2.40. The van der Waals surface area contributed by atoms with Gasteiger partial charge in [0.25, 0.3) is 5.56 Å². The summed E-state index contributed by atoms with van der Waals surface area (Å²) in [5.41, 5.74) is 6.10. The SMILES string of the molecule is Cc1nc(N(CCCN)c2ccc(F)cc2)cc(=O)[nH]1. The van der Waals surface area contributed by atoms with Crippen LogP contribution in [0.2, 0.25) is 0 Å². The van der Waals surface area contributed by atoms with Crippen molar-refractivity contribution in [1.82, 2.24) is 9.97 Å². The molecule has 2 aromatic rings. The number of hydrogen-bond acceptors (Lipinski definition) is 4. The lowest BCUT2D eigenvalue weighted by atomic mass is 10.2. The van der Waals surface area contributed by atoms with Crippen molar-refractivity contribution in [3.8, 4) is 0 Å². The van der Waals surface area contributed by atoms with Crippen molar-refractivity contribution in [1.29, 1.82) is 0 Å². The lowest BCUT2D eigenvalue weighted by molar-refractivity contribution is 0.627. The maximum atomic E-state index is 13.0. The Kier molecular flexibility index (Phi) is 4.47. The fourth-order valence-corrected chi connectivity index (χ4v) is 1.95. The number of nitrogens with zero attached hydrogens (tertiary/aromatic N) is 2. The van der Waals surface area contributed by atoms with E-state index in [4.69, 9.17) is 5.73 Å². The van der Waals surface area contributed by atoms with Crippen molar-refractivity contribution >= 4 is 11.5 Å². The summed E-state index contributed by atoms with van der Waals surface area (Å²) in [5, 5.41) is 0.